The summed E-state index contributed by atoms with van der Waals surface area (Å²) in [5.74, 6) is 0.621. The van der Waals surface area contributed by atoms with Crippen LogP contribution in [0.5, 0.6) is 0 Å². The van der Waals surface area contributed by atoms with Crippen LogP contribution in [-0.4, -0.2) is 4.98 Å². The molecule has 19 heavy (non-hydrogen) atoms. The molecule has 0 aliphatic heterocycles. The molecule has 0 bridgehead atoms. The predicted molar refractivity (Wildman–Crippen MR) is 76.5 cm³/mol. The summed E-state index contributed by atoms with van der Waals surface area (Å²) in [4.78, 5) is 3.94. The molecule has 2 heterocycles. The van der Waals surface area contributed by atoms with Crippen molar-refractivity contribution in [1.29, 1.82) is 0 Å². The van der Waals surface area contributed by atoms with Crippen molar-refractivity contribution in [3.63, 3.8) is 0 Å². The smallest absolute Gasteiger partial charge is 0.152 e. The van der Waals surface area contributed by atoms with Gasteiger partial charge in [0.2, 0.25) is 0 Å². The molecule has 1 unspecified atom stereocenters. The van der Waals surface area contributed by atoms with Gasteiger partial charge in [0, 0.05) is 17.8 Å². The van der Waals surface area contributed by atoms with Gasteiger partial charge in [-0.2, -0.15) is 0 Å². The summed E-state index contributed by atoms with van der Waals surface area (Å²) in [5, 5.41) is 2.00. The number of rotatable bonds is 2. The number of benzene rings is 1. The summed E-state index contributed by atoms with van der Waals surface area (Å²) in [5.41, 5.74) is 7.59. The maximum Gasteiger partial charge on any atom is 0.152 e. The van der Waals surface area contributed by atoms with E-state index in [1.54, 1.807) is 24.5 Å². The molecule has 0 aliphatic carbocycles. The Morgan fingerprint density at radius 1 is 1.16 bits per heavy atom. The van der Waals surface area contributed by atoms with Crippen LogP contribution < -0.4 is 5.73 Å². The van der Waals surface area contributed by atoms with Gasteiger partial charge in [0.25, 0.3) is 0 Å². The van der Waals surface area contributed by atoms with Crippen LogP contribution in [0.15, 0.2) is 47.1 Å². The average Bonchev–Trinajstić information content (AvgIpc) is 2.84. The van der Waals surface area contributed by atoms with E-state index < -0.39 is 6.04 Å². The van der Waals surface area contributed by atoms with Crippen molar-refractivity contribution in [3.8, 4) is 0 Å². The van der Waals surface area contributed by atoms with Crippen LogP contribution in [0.3, 0.4) is 0 Å². The van der Waals surface area contributed by atoms with E-state index in [1.165, 1.54) is 0 Å². The lowest BCUT2D eigenvalue weighted by Crippen LogP contribution is -2.11. The second-order valence-electron chi connectivity index (χ2n) is 4.18. The number of furan rings is 1. The Labute approximate surface area is 119 Å². The van der Waals surface area contributed by atoms with Crippen molar-refractivity contribution < 1.29 is 4.42 Å². The van der Waals surface area contributed by atoms with E-state index in [2.05, 4.69) is 4.98 Å². The molecule has 3 nitrogen and oxygen atoms in total. The van der Waals surface area contributed by atoms with Gasteiger partial charge in [-0.1, -0.05) is 35.3 Å². The molecule has 2 aromatic heterocycles. The lowest BCUT2D eigenvalue weighted by molar-refractivity contribution is 0.525. The normalized spacial score (nSPS) is 12.8. The number of nitrogens with zero attached hydrogens (tertiary/aromatic N) is 1. The minimum atomic E-state index is -0.445. The van der Waals surface area contributed by atoms with Gasteiger partial charge in [-0.25, -0.2) is 0 Å². The van der Waals surface area contributed by atoms with Crippen LogP contribution in [0.25, 0.3) is 11.0 Å². The largest absolute Gasteiger partial charge is 0.457 e. The number of hydrogen-bond acceptors (Lipinski definition) is 3. The molecule has 0 saturated carbocycles. The van der Waals surface area contributed by atoms with Crippen molar-refractivity contribution in [1.82, 2.24) is 4.98 Å². The molecule has 96 valence electrons. The highest BCUT2D eigenvalue weighted by Crippen LogP contribution is 2.32. The molecule has 0 fully saturated rings. The number of fused-ring (bicyclic) bond motifs is 1. The van der Waals surface area contributed by atoms with Crippen LogP contribution in [-0.2, 0) is 0 Å². The molecule has 3 aromatic rings. The third-order valence-electron chi connectivity index (χ3n) is 2.96. The van der Waals surface area contributed by atoms with Crippen LogP contribution in [0, 0.1) is 0 Å². The standard InChI is InChI=1S/C14H10Cl2N2O/c15-10-3-1-2-8-6-12(19-14(8)10)13(17)9-4-5-18-7-11(9)16/h1-7,13H,17H2. The first-order valence-electron chi connectivity index (χ1n) is 5.70. The van der Waals surface area contributed by atoms with Crippen LogP contribution >= 0.6 is 23.2 Å². The van der Waals surface area contributed by atoms with Gasteiger partial charge in [-0.3, -0.25) is 4.98 Å². The molecule has 0 spiro atoms. The van der Waals surface area contributed by atoms with Crippen LogP contribution in [0.4, 0.5) is 0 Å². The average molecular weight is 293 g/mol. The SMILES string of the molecule is NC(c1cc2cccc(Cl)c2o1)c1ccncc1Cl. The lowest BCUT2D eigenvalue weighted by atomic mass is 10.1. The highest BCUT2D eigenvalue weighted by Gasteiger charge is 2.17. The molecular weight excluding hydrogens is 283 g/mol. The minimum absolute atomic E-state index is 0.445. The van der Waals surface area contributed by atoms with E-state index in [4.69, 9.17) is 33.4 Å². The van der Waals surface area contributed by atoms with Crippen molar-refractivity contribution in [2.24, 2.45) is 5.73 Å². The Kier molecular flexibility index (Phi) is 3.19. The number of hydrogen-bond donors (Lipinski definition) is 1. The molecule has 0 radical (unpaired) electrons. The summed E-state index contributed by atoms with van der Waals surface area (Å²) in [7, 11) is 0. The first-order valence-corrected chi connectivity index (χ1v) is 6.45. The molecule has 0 saturated heterocycles. The van der Waals surface area contributed by atoms with Crippen molar-refractivity contribution in [2.45, 2.75) is 6.04 Å². The third kappa shape index (κ3) is 2.21. The Bertz CT molecular complexity index is 739. The monoisotopic (exact) mass is 292 g/mol. The zero-order chi connectivity index (χ0) is 13.4. The highest BCUT2D eigenvalue weighted by molar-refractivity contribution is 6.34. The molecule has 0 amide bonds. The second-order valence-corrected chi connectivity index (χ2v) is 5.00. The minimum Gasteiger partial charge on any atom is -0.457 e. The van der Waals surface area contributed by atoms with Gasteiger partial charge >= 0.3 is 0 Å². The van der Waals surface area contributed by atoms with E-state index in [1.807, 2.05) is 18.2 Å². The van der Waals surface area contributed by atoms with E-state index in [0.717, 1.165) is 10.9 Å². The fourth-order valence-corrected chi connectivity index (χ4v) is 2.45. The van der Waals surface area contributed by atoms with Gasteiger partial charge in [0.15, 0.2) is 5.58 Å². The van der Waals surface area contributed by atoms with Gasteiger partial charge in [0.1, 0.15) is 5.76 Å². The molecule has 3 rings (SSSR count). The van der Waals surface area contributed by atoms with Gasteiger partial charge in [0.05, 0.1) is 16.1 Å². The number of nitrogens with two attached hydrogens (primary N) is 1. The maximum absolute atomic E-state index is 6.18. The van der Waals surface area contributed by atoms with Gasteiger partial charge in [-0.15, -0.1) is 0 Å². The zero-order valence-electron chi connectivity index (χ0n) is 9.81. The molecule has 2 N–H and O–H groups in total. The van der Waals surface area contributed by atoms with Crippen molar-refractivity contribution in [2.75, 3.05) is 0 Å². The molecule has 5 heteroatoms. The third-order valence-corrected chi connectivity index (χ3v) is 3.57. The van der Waals surface area contributed by atoms with Crippen molar-refractivity contribution >= 4 is 34.2 Å². The first kappa shape index (κ1) is 12.5. The van der Waals surface area contributed by atoms with Gasteiger partial charge in [-0.05, 0) is 23.8 Å². The zero-order valence-corrected chi connectivity index (χ0v) is 11.3. The Morgan fingerprint density at radius 3 is 2.74 bits per heavy atom. The Balaban J connectivity index is 2.10. The number of aromatic nitrogens is 1. The Morgan fingerprint density at radius 2 is 2.00 bits per heavy atom. The molecular formula is C14H10Cl2N2O. The van der Waals surface area contributed by atoms with E-state index in [9.17, 15) is 0 Å². The topological polar surface area (TPSA) is 52.0 Å². The lowest BCUT2D eigenvalue weighted by Gasteiger charge is -2.10. The molecule has 0 aliphatic rings. The quantitative estimate of drug-likeness (QED) is 0.771. The number of pyridine rings is 1. The maximum atomic E-state index is 6.18. The summed E-state index contributed by atoms with van der Waals surface area (Å²) in [6.07, 6.45) is 3.21. The van der Waals surface area contributed by atoms with Crippen LogP contribution in [0.2, 0.25) is 10.0 Å². The molecule has 1 atom stereocenters. The second kappa shape index (κ2) is 4.85. The highest BCUT2D eigenvalue weighted by atomic mass is 35.5. The summed E-state index contributed by atoms with van der Waals surface area (Å²) < 4.78 is 5.73. The number of halogens is 2. The summed E-state index contributed by atoms with van der Waals surface area (Å²) in [6.45, 7) is 0. The Hall–Kier alpha value is -1.55. The van der Waals surface area contributed by atoms with E-state index in [0.29, 0.717) is 21.4 Å². The van der Waals surface area contributed by atoms with E-state index >= 15 is 0 Å². The predicted octanol–water partition coefficient (Wildman–Crippen LogP) is 4.18. The number of para-hydroxylation sites is 1. The first-order chi connectivity index (χ1) is 9.16. The summed E-state index contributed by atoms with van der Waals surface area (Å²) >= 11 is 12.2. The van der Waals surface area contributed by atoms with Gasteiger partial charge < -0.3 is 10.2 Å². The fourth-order valence-electron chi connectivity index (χ4n) is 1.99. The summed E-state index contributed by atoms with van der Waals surface area (Å²) in [6, 6.07) is 8.79. The fraction of sp³-hybridized carbons (Fsp3) is 0.0714. The van der Waals surface area contributed by atoms with Crippen LogP contribution in [0.1, 0.15) is 17.4 Å². The van der Waals surface area contributed by atoms with E-state index in [-0.39, 0.29) is 0 Å². The van der Waals surface area contributed by atoms with Crippen molar-refractivity contribution in [3.05, 3.63) is 64.1 Å². The molecule has 1 aromatic carbocycles.